The van der Waals surface area contributed by atoms with Crippen molar-refractivity contribution in [2.24, 2.45) is 0 Å². The number of aromatic hydroxyl groups is 3. The van der Waals surface area contributed by atoms with Crippen LogP contribution in [0.5, 0.6) is 17.2 Å². The standard InChI is InChI=1S/C13H10O3/c14-11-6-9-8-4-2-1-3-7(8)5-10(9)12(15)13(11)16/h1-4,6,14-16H,5H2. The molecule has 16 heavy (non-hydrogen) atoms. The molecule has 0 radical (unpaired) electrons. The van der Waals surface area contributed by atoms with E-state index in [4.69, 9.17) is 0 Å². The molecule has 0 aromatic heterocycles. The van der Waals surface area contributed by atoms with E-state index in [0.29, 0.717) is 12.0 Å². The lowest BCUT2D eigenvalue weighted by atomic mass is 10.0. The van der Waals surface area contributed by atoms with Gasteiger partial charge in [0.05, 0.1) is 0 Å². The molecule has 3 heteroatoms. The van der Waals surface area contributed by atoms with Gasteiger partial charge in [0, 0.05) is 12.0 Å². The average molecular weight is 214 g/mol. The van der Waals surface area contributed by atoms with Crippen molar-refractivity contribution < 1.29 is 15.3 Å². The van der Waals surface area contributed by atoms with Crippen LogP contribution in [-0.2, 0) is 6.42 Å². The Kier molecular flexibility index (Phi) is 1.66. The number of fused-ring (bicyclic) bond motifs is 3. The van der Waals surface area contributed by atoms with Crippen LogP contribution in [0.25, 0.3) is 11.1 Å². The number of rotatable bonds is 0. The van der Waals surface area contributed by atoms with Crippen molar-refractivity contribution >= 4 is 0 Å². The fraction of sp³-hybridized carbons (Fsp3) is 0.0769. The Morgan fingerprint density at radius 2 is 1.62 bits per heavy atom. The number of phenolic OH excluding ortho intramolecular Hbond substituents is 3. The third-order valence-corrected chi connectivity index (χ3v) is 3.03. The highest BCUT2D eigenvalue weighted by Gasteiger charge is 2.24. The van der Waals surface area contributed by atoms with Crippen LogP contribution >= 0.6 is 0 Å². The molecule has 0 bridgehead atoms. The monoisotopic (exact) mass is 214 g/mol. The molecule has 80 valence electrons. The second-order valence-corrected chi connectivity index (χ2v) is 3.95. The zero-order chi connectivity index (χ0) is 11.3. The maximum atomic E-state index is 9.76. The van der Waals surface area contributed by atoms with E-state index < -0.39 is 5.75 Å². The largest absolute Gasteiger partial charge is 0.504 e. The highest BCUT2D eigenvalue weighted by Crippen LogP contribution is 2.48. The van der Waals surface area contributed by atoms with Gasteiger partial charge in [0.1, 0.15) is 0 Å². The zero-order valence-corrected chi connectivity index (χ0v) is 8.44. The summed E-state index contributed by atoms with van der Waals surface area (Å²) in [5.74, 6) is -0.939. The molecule has 3 N–H and O–H groups in total. The van der Waals surface area contributed by atoms with Gasteiger partial charge in [0.15, 0.2) is 11.5 Å². The molecule has 2 aromatic rings. The van der Waals surface area contributed by atoms with Gasteiger partial charge in [-0.15, -0.1) is 0 Å². The van der Waals surface area contributed by atoms with E-state index in [1.807, 2.05) is 24.3 Å². The molecule has 0 saturated carbocycles. The van der Waals surface area contributed by atoms with Crippen LogP contribution in [0.1, 0.15) is 11.1 Å². The van der Waals surface area contributed by atoms with E-state index >= 15 is 0 Å². The van der Waals surface area contributed by atoms with Crippen LogP contribution < -0.4 is 0 Å². The van der Waals surface area contributed by atoms with Crippen molar-refractivity contribution in [3.05, 3.63) is 41.5 Å². The molecule has 0 fully saturated rings. The van der Waals surface area contributed by atoms with E-state index in [2.05, 4.69) is 0 Å². The predicted octanol–water partition coefficient (Wildman–Crippen LogP) is 2.37. The lowest BCUT2D eigenvalue weighted by Gasteiger charge is -2.06. The molecule has 0 amide bonds. The van der Waals surface area contributed by atoms with Crippen LogP contribution in [0.2, 0.25) is 0 Å². The first kappa shape index (κ1) is 9.09. The van der Waals surface area contributed by atoms with Gasteiger partial charge in [-0.05, 0) is 22.8 Å². The number of benzene rings is 2. The summed E-state index contributed by atoms with van der Waals surface area (Å²) in [7, 11) is 0. The third kappa shape index (κ3) is 1.03. The number of hydrogen-bond acceptors (Lipinski definition) is 3. The minimum absolute atomic E-state index is 0.216. The van der Waals surface area contributed by atoms with E-state index in [1.165, 1.54) is 6.07 Å². The van der Waals surface area contributed by atoms with E-state index in [0.717, 1.165) is 16.7 Å². The summed E-state index contributed by atoms with van der Waals surface area (Å²) in [6.45, 7) is 0. The Bertz CT molecular complexity index is 588. The van der Waals surface area contributed by atoms with Crippen molar-refractivity contribution in [3.8, 4) is 28.4 Å². The molecular weight excluding hydrogens is 204 g/mol. The minimum Gasteiger partial charge on any atom is -0.504 e. The smallest absolute Gasteiger partial charge is 0.200 e. The van der Waals surface area contributed by atoms with Crippen LogP contribution in [0.4, 0.5) is 0 Å². The average Bonchev–Trinajstić information content (AvgIpc) is 2.65. The second-order valence-electron chi connectivity index (χ2n) is 3.95. The molecule has 0 saturated heterocycles. The van der Waals surface area contributed by atoms with Gasteiger partial charge in [-0.25, -0.2) is 0 Å². The SMILES string of the molecule is Oc1cc2c(c(O)c1O)Cc1ccccc1-2. The molecule has 0 atom stereocenters. The lowest BCUT2D eigenvalue weighted by molar-refractivity contribution is 0.366. The Hall–Kier alpha value is -2.16. The molecule has 1 aliphatic carbocycles. The van der Waals surface area contributed by atoms with Gasteiger partial charge in [-0.3, -0.25) is 0 Å². The van der Waals surface area contributed by atoms with Gasteiger partial charge in [0.2, 0.25) is 5.75 Å². The van der Waals surface area contributed by atoms with Crippen LogP contribution in [-0.4, -0.2) is 15.3 Å². The van der Waals surface area contributed by atoms with Gasteiger partial charge >= 0.3 is 0 Å². The van der Waals surface area contributed by atoms with E-state index in [9.17, 15) is 15.3 Å². The summed E-state index contributed by atoms with van der Waals surface area (Å²) in [6, 6.07) is 9.26. The zero-order valence-electron chi connectivity index (χ0n) is 8.44. The third-order valence-electron chi connectivity index (χ3n) is 3.03. The molecule has 3 rings (SSSR count). The van der Waals surface area contributed by atoms with Crippen LogP contribution in [0, 0.1) is 0 Å². The van der Waals surface area contributed by atoms with Gasteiger partial charge in [-0.2, -0.15) is 0 Å². The van der Waals surface area contributed by atoms with Crippen LogP contribution in [0.15, 0.2) is 30.3 Å². The molecular formula is C13H10O3. The summed E-state index contributed by atoms with van der Waals surface area (Å²) in [5.41, 5.74) is 3.57. The van der Waals surface area contributed by atoms with E-state index in [1.54, 1.807) is 0 Å². The van der Waals surface area contributed by atoms with Gasteiger partial charge in [-0.1, -0.05) is 24.3 Å². The molecule has 1 aliphatic rings. The number of phenols is 3. The molecule has 0 spiro atoms. The normalized spacial score (nSPS) is 12.2. The first-order valence-electron chi connectivity index (χ1n) is 5.03. The second kappa shape index (κ2) is 2.92. The van der Waals surface area contributed by atoms with Crippen molar-refractivity contribution in [3.63, 3.8) is 0 Å². The maximum Gasteiger partial charge on any atom is 0.200 e. The topological polar surface area (TPSA) is 60.7 Å². The fourth-order valence-electron chi connectivity index (χ4n) is 2.23. The minimum atomic E-state index is -0.438. The van der Waals surface area contributed by atoms with E-state index in [-0.39, 0.29) is 11.5 Å². The van der Waals surface area contributed by atoms with Gasteiger partial charge in [0.25, 0.3) is 0 Å². The molecule has 0 aliphatic heterocycles. The Morgan fingerprint density at radius 1 is 0.875 bits per heavy atom. The summed E-state index contributed by atoms with van der Waals surface area (Å²) in [4.78, 5) is 0. The highest BCUT2D eigenvalue weighted by molar-refractivity contribution is 5.82. The fourth-order valence-corrected chi connectivity index (χ4v) is 2.23. The first-order valence-corrected chi connectivity index (χ1v) is 5.03. The molecule has 0 heterocycles. The van der Waals surface area contributed by atoms with Gasteiger partial charge < -0.3 is 15.3 Å². The Balaban J connectivity index is 2.34. The summed E-state index contributed by atoms with van der Waals surface area (Å²) in [6.07, 6.45) is 0.588. The lowest BCUT2D eigenvalue weighted by Crippen LogP contribution is -1.83. The van der Waals surface area contributed by atoms with Crippen molar-refractivity contribution in [1.82, 2.24) is 0 Å². The quantitative estimate of drug-likeness (QED) is 0.503. The Morgan fingerprint density at radius 3 is 2.44 bits per heavy atom. The first-order chi connectivity index (χ1) is 7.68. The predicted molar refractivity (Wildman–Crippen MR) is 59.7 cm³/mol. The van der Waals surface area contributed by atoms with Crippen molar-refractivity contribution in [2.45, 2.75) is 6.42 Å². The molecule has 0 unspecified atom stereocenters. The summed E-state index contributed by atoms with van der Waals surface area (Å²) in [5, 5.41) is 28.7. The Labute approximate surface area is 92.2 Å². The summed E-state index contributed by atoms with van der Waals surface area (Å²) >= 11 is 0. The molecule has 3 nitrogen and oxygen atoms in total. The van der Waals surface area contributed by atoms with Crippen molar-refractivity contribution in [2.75, 3.05) is 0 Å². The van der Waals surface area contributed by atoms with Crippen molar-refractivity contribution in [1.29, 1.82) is 0 Å². The molecule has 2 aromatic carbocycles. The summed E-state index contributed by atoms with van der Waals surface area (Å²) < 4.78 is 0. The highest BCUT2D eigenvalue weighted by atomic mass is 16.3. The maximum absolute atomic E-state index is 9.76. The number of hydrogen-bond donors (Lipinski definition) is 3. The van der Waals surface area contributed by atoms with Crippen LogP contribution in [0.3, 0.4) is 0 Å².